The molecule has 0 saturated heterocycles. The summed E-state index contributed by atoms with van der Waals surface area (Å²) in [5.41, 5.74) is 0. The molecule has 6 heteroatoms. The maximum atomic E-state index is 12.7. The first-order valence-electron chi connectivity index (χ1n) is 25.7. The molecule has 0 saturated carbocycles. The molecule has 0 aromatic heterocycles. The summed E-state index contributed by atoms with van der Waals surface area (Å²) in [6, 6.07) is 0. The molecular weight excluding hydrogens is 745 g/mol. The van der Waals surface area contributed by atoms with Gasteiger partial charge in [-0.3, -0.25) is 14.4 Å². The molecule has 60 heavy (non-hydrogen) atoms. The van der Waals surface area contributed by atoms with Gasteiger partial charge in [0.25, 0.3) is 0 Å². The monoisotopic (exact) mass is 841 g/mol. The van der Waals surface area contributed by atoms with Crippen molar-refractivity contribution in [3.8, 4) is 0 Å². The van der Waals surface area contributed by atoms with Crippen LogP contribution < -0.4 is 0 Å². The summed E-state index contributed by atoms with van der Waals surface area (Å²) < 4.78 is 16.7. The molecule has 1 atom stereocenters. The van der Waals surface area contributed by atoms with Crippen molar-refractivity contribution in [3.63, 3.8) is 0 Å². The first kappa shape index (κ1) is 57.4. The van der Waals surface area contributed by atoms with E-state index in [2.05, 4.69) is 32.9 Å². The van der Waals surface area contributed by atoms with Gasteiger partial charge in [0, 0.05) is 19.3 Å². The van der Waals surface area contributed by atoms with E-state index in [-0.39, 0.29) is 37.5 Å². The molecule has 6 nitrogen and oxygen atoms in total. The van der Waals surface area contributed by atoms with Crippen LogP contribution in [-0.2, 0) is 28.6 Å². The lowest BCUT2D eigenvalue weighted by atomic mass is 10.0. The van der Waals surface area contributed by atoms with Crippen LogP contribution in [-0.4, -0.2) is 37.2 Å². The van der Waals surface area contributed by atoms with Crippen LogP contribution in [0.1, 0.15) is 258 Å². The normalized spacial score (nSPS) is 12.4. The molecule has 0 spiro atoms. The topological polar surface area (TPSA) is 78.9 Å². The maximum Gasteiger partial charge on any atom is 0.306 e. The van der Waals surface area contributed by atoms with Crippen LogP contribution in [0, 0.1) is 0 Å². The van der Waals surface area contributed by atoms with Crippen molar-refractivity contribution < 1.29 is 28.6 Å². The fourth-order valence-electron chi connectivity index (χ4n) is 7.34. The average molecular weight is 841 g/mol. The van der Waals surface area contributed by atoms with Gasteiger partial charge < -0.3 is 14.2 Å². The van der Waals surface area contributed by atoms with Crippen LogP contribution in [0.3, 0.4) is 0 Å². The highest BCUT2D eigenvalue weighted by molar-refractivity contribution is 5.71. The number of carbonyl (C=O) groups excluding carboxylic acids is 3. The summed E-state index contributed by atoms with van der Waals surface area (Å²) in [7, 11) is 0. The van der Waals surface area contributed by atoms with Crippen molar-refractivity contribution in [2.24, 2.45) is 0 Å². The molecule has 0 heterocycles. The number of hydrogen-bond donors (Lipinski definition) is 0. The third-order valence-corrected chi connectivity index (χ3v) is 11.2. The van der Waals surface area contributed by atoms with E-state index in [1.807, 2.05) is 36.5 Å². The van der Waals surface area contributed by atoms with Crippen molar-refractivity contribution in [2.75, 3.05) is 13.2 Å². The van der Waals surface area contributed by atoms with Gasteiger partial charge in [0.05, 0.1) is 0 Å². The summed E-state index contributed by atoms with van der Waals surface area (Å²) in [4.78, 5) is 37.9. The Kier molecular flexibility index (Phi) is 46.9. The van der Waals surface area contributed by atoms with Gasteiger partial charge in [0.1, 0.15) is 13.2 Å². The minimum Gasteiger partial charge on any atom is -0.462 e. The molecule has 0 amide bonds. The van der Waals surface area contributed by atoms with Gasteiger partial charge in [-0.25, -0.2) is 0 Å². The van der Waals surface area contributed by atoms with Gasteiger partial charge >= 0.3 is 17.9 Å². The lowest BCUT2D eigenvalue weighted by Crippen LogP contribution is -2.30. The fraction of sp³-hybridized carbons (Fsp3) is 0.796. The second-order valence-electron chi connectivity index (χ2n) is 17.2. The summed E-state index contributed by atoms with van der Waals surface area (Å²) in [6.07, 6.45) is 58.1. The molecule has 0 bridgehead atoms. The molecule has 0 rings (SSSR count). The Labute approximate surface area is 371 Å². The maximum absolute atomic E-state index is 12.7. The van der Waals surface area contributed by atoms with Crippen molar-refractivity contribution in [1.29, 1.82) is 0 Å². The van der Waals surface area contributed by atoms with Crippen LogP contribution in [0.15, 0.2) is 48.6 Å². The number of hydrogen-bond acceptors (Lipinski definition) is 6. The average Bonchev–Trinajstić information content (AvgIpc) is 3.24. The Hall–Kier alpha value is -2.63. The molecule has 0 aliphatic rings. The molecule has 0 radical (unpaired) electrons. The zero-order valence-electron chi connectivity index (χ0n) is 39.7. The predicted octanol–water partition coefficient (Wildman–Crippen LogP) is 16.7. The van der Waals surface area contributed by atoms with Crippen LogP contribution in [0.25, 0.3) is 0 Å². The van der Waals surface area contributed by atoms with Gasteiger partial charge in [-0.1, -0.05) is 249 Å². The third-order valence-electron chi connectivity index (χ3n) is 11.2. The molecule has 0 aliphatic carbocycles. The number of ether oxygens (including phenoxy) is 3. The molecule has 0 aromatic carbocycles. The van der Waals surface area contributed by atoms with E-state index in [4.69, 9.17) is 14.2 Å². The van der Waals surface area contributed by atoms with E-state index in [1.165, 1.54) is 148 Å². The van der Waals surface area contributed by atoms with Crippen molar-refractivity contribution in [2.45, 2.75) is 264 Å². The summed E-state index contributed by atoms with van der Waals surface area (Å²) in [5, 5.41) is 0. The van der Waals surface area contributed by atoms with Crippen LogP contribution in [0.5, 0.6) is 0 Å². The molecule has 0 aromatic rings. The Morgan fingerprint density at radius 2 is 0.650 bits per heavy atom. The van der Waals surface area contributed by atoms with Crippen LogP contribution in [0.4, 0.5) is 0 Å². The highest BCUT2D eigenvalue weighted by atomic mass is 16.6. The minimum absolute atomic E-state index is 0.0856. The van der Waals surface area contributed by atoms with Gasteiger partial charge in [-0.2, -0.15) is 0 Å². The smallest absolute Gasteiger partial charge is 0.306 e. The third kappa shape index (κ3) is 46.4. The minimum atomic E-state index is -0.788. The number of unbranched alkanes of at least 4 members (excludes halogenated alkanes) is 30. The van der Waals surface area contributed by atoms with Crippen molar-refractivity contribution in [1.82, 2.24) is 0 Å². The van der Waals surface area contributed by atoms with E-state index < -0.39 is 6.10 Å². The molecule has 348 valence electrons. The Morgan fingerprint density at radius 1 is 0.350 bits per heavy atom. The van der Waals surface area contributed by atoms with Crippen LogP contribution in [0.2, 0.25) is 0 Å². The number of rotatable bonds is 46. The van der Waals surface area contributed by atoms with Gasteiger partial charge in [0.2, 0.25) is 0 Å². The van der Waals surface area contributed by atoms with Crippen LogP contribution >= 0.6 is 0 Å². The number of allylic oxidation sites excluding steroid dienone is 8. The number of carbonyl (C=O) groups is 3. The quantitative estimate of drug-likeness (QED) is 0.0263. The Balaban J connectivity index is 4.34. The Bertz CT molecular complexity index is 1060. The standard InChI is InChI=1S/C54H96O6/c1-4-7-10-13-16-19-22-24-25-26-27-28-30-32-35-38-41-44-47-53(56)59-50-51(49-58-52(55)46-43-40-37-34-31-21-18-15-12-9-6-3)60-54(57)48-45-42-39-36-33-29-23-20-17-14-11-8-5-2/h8,11,14,17,20,23,29,33,51H,4-7,9-10,12-13,15-16,18-19,21-22,24-28,30-32,34-50H2,1-3H3/b11-8-,17-14-,23-20-,33-29-. The first-order valence-corrected chi connectivity index (χ1v) is 25.7. The fourth-order valence-corrected chi connectivity index (χ4v) is 7.34. The van der Waals surface area contributed by atoms with Gasteiger partial charge in [-0.15, -0.1) is 0 Å². The second-order valence-corrected chi connectivity index (χ2v) is 17.2. The Morgan fingerprint density at radius 3 is 1.02 bits per heavy atom. The lowest BCUT2D eigenvalue weighted by Gasteiger charge is -2.18. The van der Waals surface area contributed by atoms with Gasteiger partial charge in [-0.05, 0) is 38.5 Å². The molecule has 1 unspecified atom stereocenters. The summed E-state index contributed by atoms with van der Waals surface area (Å²) in [5.74, 6) is -0.917. The number of esters is 3. The predicted molar refractivity (Wildman–Crippen MR) is 256 cm³/mol. The van der Waals surface area contributed by atoms with E-state index in [0.717, 1.165) is 70.6 Å². The first-order chi connectivity index (χ1) is 29.5. The highest BCUT2D eigenvalue weighted by Crippen LogP contribution is 2.16. The summed E-state index contributed by atoms with van der Waals surface area (Å²) >= 11 is 0. The highest BCUT2D eigenvalue weighted by Gasteiger charge is 2.19. The summed E-state index contributed by atoms with van der Waals surface area (Å²) in [6.45, 7) is 6.48. The molecular formula is C54H96O6. The zero-order valence-corrected chi connectivity index (χ0v) is 39.7. The van der Waals surface area contributed by atoms with Gasteiger partial charge in [0.15, 0.2) is 6.10 Å². The van der Waals surface area contributed by atoms with E-state index in [9.17, 15) is 14.4 Å². The molecule has 0 fully saturated rings. The second kappa shape index (κ2) is 49.0. The van der Waals surface area contributed by atoms with Crippen molar-refractivity contribution >= 4 is 17.9 Å². The van der Waals surface area contributed by atoms with Crippen molar-refractivity contribution in [3.05, 3.63) is 48.6 Å². The lowest BCUT2D eigenvalue weighted by molar-refractivity contribution is -0.167. The van der Waals surface area contributed by atoms with E-state index in [0.29, 0.717) is 12.8 Å². The SMILES string of the molecule is CC\C=C/C=C\C=C/C=C\CCCCCC(=O)OC(COC(=O)CCCCCCCCCCCCC)COC(=O)CCCCCCCCCCCCCCCCCCCC. The molecule has 0 aliphatic heterocycles. The zero-order chi connectivity index (χ0) is 43.7. The van der Waals surface area contributed by atoms with E-state index >= 15 is 0 Å². The molecule has 0 N–H and O–H groups in total. The largest absolute Gasteiger partial charge is 0.462 e. The van der Waals surface area contributed by atoms with E-state index in [1.54, 1.807) is 0 Å².